The molecule has 0 radical (unpaired) electrons. The summed E-state index contributed by atoms with van der Waals surface area (Å²) in [5.74, 6) is -0.163. The molecule has 1 fully saturated rings. The highest BCUT2D eigenvalue weighted by Crippen LogP contribution is 2.40. The van der Waals surface area contributed by atoms with E-state index in [-0.39, 0.29) is 30.0 Å². The Balaban J connectivity index is 0.00000242. The van der Waals surface area contributed by atoms with Gasteiger partial charge in [-0.1, -0.05) is 0 Å². The van der Waals surface area contributed by atoms with Crippen LogP contribution in [0.2, 0.25) is 0 Å². The number of rotatable bonds is 3. The van der Waals surface area contributed by atoms with Crippen LogP contribution in [0.5, 0.6) is 0 Å². The van der Waals surface area contributed by atoms with E-state index in [4.69, 9.17) is 5.73 Å². The number of alkyl halides is 6. The van der Waals surface area contributed by atoms with E-state index in [9.17, 15) is 31.4 Å². The van der Waals surface area contributed by atoms with E-state index in [1.807, 2.05) is 0 Å². The number of hydrogen-bond donors (Lipinski definition) is 2. The first-order valence-corrected chi connectivity index (χ1v) is 6.23. The molecule has 0 bridgehead atoms. The Kier molecular flexibility index (Phi) is 5.42. The molecule has 2 rings (SSSR count). The molecule has 3 N–H and O–H groups in total. The van der Waals surface area contributed by atoms with Crippen molar-refractivity contribution in [1.29, 1.82) is 0 Å². The molecule has 0 unspecified atom stereocenters. The van der Waals surface area contributed by atoms with Crippen molar-refractivity contribution >= 4 is 12.4 Å². The monoisotopic (exact) mass is 349 g/mol. The van der Waals surface area contributed by atoms with Crippen molar-refractivity contribution in [1.82, 2.24) is 0 Å². The molecule has 2 atom stereocenters. The number of hydrogen-bond acceptors (Lipinski definition) is 2. The van der Waals surface area contributed by atoms with E-state index >= 15 is 0 Å². The van der Waals surface area contributed by atoms with Gasteiger partial charge < -0.3 is 10.8 Å². The highest BCUT2D eigenvalue weighted by atomic mass is 35.5. The molecule has 0 saturated heterocycles. The Morgan fingerprint density at radius 1 is 0.955 bits per heavy atom. The molecule has 9 heteroatoms. The minimum absolute atomic E-state index is 0. The predicted octanol–water partition coefficient (Wildman–Crippen LogP) is 3.92. The summed E-state index contributed by atoms with van der Waals surface area (Å²) in [5, 5.41) is 9.81. The predicted molar refractivity (Wildman–Crippen MR) is 69.4 cm³/mol. The summed E-state index contributed by atoms with van der Waals surface area (Å²) in [5.41, 5.74) is 2.40. The van der Waals surface area contributed by atoms with Crippen LogP contribution in [-0.4, -0.2) is 11.2 Å². The standard InChI is InChI=1S/C13H13F6NO.ClH/c14-12(15,16)8-3-7(4-9(5-8)13(17,18)19)10(20)11(21)6-1-2-6;/h3-6,10-11,21H,1-2,20H2;1H/t10-,11+;/m1./s1. The summed E-state index contributed by atoms with van der Waals surface area (Å²) >= 11 is 0. The van der Waals surface area contributed by atoms with E-state index in [2.05, 4.69) is 0 Å². The Bertz CT molecular complexity index is 494. The minimum Gasteiger partial charge on any atom is -0.391 e. The zero-order valence-corrected chi connectivity index (χ0v) is 11.9. The highest BCUT2D eigenvalue weighted by Gasteiger charge is 2.39. The number of aliphatic hydroxyl groups is 1. The SMILES string of the molecule is Cl.N[C@H](c1cc(C(F)(F)F)cc(C(F)(F)F)c1)[C@@H](O)C1CC1. The summed E-state index contributed by atoms with van der Waals surface area (Å²) < 4.78 is 76.2. The third-order valence-corrected chi connectivity index (χ3v) is 3.47. The van der Waals surface area contributed by atoms with Crippen molar-refractivity contribution in [3.8, 4) is 0 Å². The lowest BCUT2D eigenvalue weighted by Gasteiger charge is -2.21. The quantitative estimate of drug-likeness (QED) is 0.813. The van der Waals surface area contributed by atoms with Crippen LogP contribution in [0.4, 0.5) is 26.3 Å². The van der Waals surface area contributed by atoms with Crippen LogP contribution < -0.4 is 5.73 Å². The smallest absolute Gasteiger partial charge is 0.391 e. The zero-order chi connectivity index (χ0) is 16.0. The molecule has 22 heavy (non-hydrogen) atoms. The molecule has 126 valence electrons. The van der Waals surface area contributed by atoms with Crippen molar-refractivity contribution < 1.29 is 31.4 Å². The van der Waals surface area contributed by atoms with Gasteiger partial charge in [-0.3, -0.25) is 0 Å². The zero-order valence-electron chi connectivity index (χ0n) is 11.1. The molecule has 0 aromatic heterocycles. The Labute approximate surface area is 128 Å². The average Bonchev–Trinajstić information content (AvgIpc) is 3.18. The van der Waals surface area contributed by atoms with Gasteiger partial charge in [-0.15, -0.1) is 12.4 Å². The molecule has 1 aromatic rings. The highest BCUT2D eigenvalue weighted by molar-refractivity contribution is 5.85. The Morgan fingerprint density at radius 2 is 1.36 bits per heavy atom. The molecule has 0 spiro atoms. The van der Waals surface area contributed by atoms with E-state index < -0.39 is 35.6 Å². The third-order valence-electron chi connectivity index (χ3n) is 3.47. The van der Waals surface area contributed by atoms with Gasteiger partial charge in [0.05, 0.1) is 23.3 Å². The molecular weight excluding hydrogens is 336 g/mol. The molecule has 1 saturated carbocycles. The maximum atomic E-state index is 12.7. The van der Waals surface area contributed by atoms with E-state index in [0.29, 0.717) is 25.0 Å². The lowest BCUT2D eigenvalue weighted by atomic mass is 9.95. The molecule has 0 heterocycles. The van der Waals surface area contributed by atoms with Gasteiger partial charge in [0.25, 0.3) is 0 Å². The van der Waals surface area contributed by atoms with Gasteiger partial charge in [0.15, 0.2) is 0 Å². The van der Waals surface area contributed by atoms with Crippen LogP contribution in [0, 0.1) is 5.92 Å². The summed E-state index contributed by atoms with van der Waals surface area (Å²) in [6.07, 6.45) is -9.64. The molecule has 2 nitrogen and oxygen atoms in total. The van der Waals surface area contributed by atoms with E-state index in [1.165, 1.54) is 0 Å². The molecule has 1 aromatic carbocycles. The normalized spacial score (nSPS) is 18.5. The van der Waals surface area contributed by atoms with Crippen molar-refractivity contribution in [2.45, 2.75) is 37.3 Å². The lowest BCUT2D eigenvalue weighted by molar-refractivity contribution is -0.143. The van der Waals surface area contributed by atoms with Gasteiger partial charge in [0.2, 0.25) is 0 Å². The molecule has 0 aliphatic heterocycles. The largest absolute Gasteiger partial charge is 0.416 e. The number of benzene rings is 1. The van der Waals surface area contributed by atoms with Gasteiger partial charge >= 0.3 is 12.4 Å². The summed E-state index contributed by atoms with van der Waals surface area (Å²) in [4.78, 5) is 0. The second-order valence-corrected chi connectivity index (χ2v) is 5.19. The van der Waals surface area contributed by atoms with E-state index in [0.717, 1.165) is 0 Å². The molecule has 1 aliphatic rings. The van der Waals surface area contributed by atoms with Crippen LogP contribution >= 0.6 is 12.4 Å². The van der Waals surface area contributed by atoms with Gasteiger partial charge in [-0.2, -0.15) is 26.3 Å². The minimum atomic E-state index is -4.92. The van der Waals surface area contributed by atoms with Crippen LogP contribution in [0.15, 0.2) is 18.2 Å². The fourth-order valence-corrected chi connectivity index (χ4v) is 2.10. The van der Waals surface area contributed by atoms with Gasteiger partial charge in [-0.05, 0) is 42.5 Å². The topological polar surface area (TPSA) is 46.2 Å². The average molecular weight is 350 g/mol. The third kappa shape index (κ3) is 4.27. The van der Waals surface area contributed by atoms with E-state index in [1.54, 1.807) is 0 Å². The number of nitrogens with two attached hydrogens (primary N) is 1. The number of aliphatic hydroxyl groups excluding tert-OH is 1. The van der Waals surface area contributed by atoms with Crippen LogP contribution in [-0.2, 0) is 12.4 Å². The fourth-order valence-electron chi connectivity index (χ4n) is 2.10. The second kappa shape index (κ2) is 6.25. The van der Waals surface area contributed by atoms with Crippen LogP contribution in [0.1, 0.15) is 35.6 Å². The van der Waals surface area contributed by atoms with Crippen molar-refractivity contribution in [2.24, 2.45) is 11.7 Å². The lowest BCUT2D eigenvalue weighted by Crippen LogP contribution is -2.28. The van der Waals surface area contributed by atoms with Crippen molar-refractivity contribution in [3.05, 3.63) is 34.9 Å². The van der Waals surface area contributed by atoms with Gasteiger partial charge in [-0.25, -0.2) is 0 Å². The molecule has 1 aliphatic carbocycles. The summed E-state index contributed by atoms with van der Waals surface area (Å²) in [7, 11) is 0. The fraction of sp³-hybridized carbons (Fsp3) is 0.538. The summed E-state index contributed by atoms with van der Waals surface area (Å²) in [6.45, 7) is 0. The number of halogens is 7. The maximum absolute atomic E-state index is 12.7. The molecule has 0 amide bonds. The Morgan fingerprint density at radius 3 is 1.68 bits per heavy atom. The maximum Gasteiger partial charge on any atom is 0.416 e. The van der Waals surface area contributed by atoms with Crippen LogP contribution in [0.3, 0.4) is 0 Å². The van der Waals surface area contributed by atoms with Crippen LogP contribution in [0.25, 0.3) is 0 Å². The Hall–Kier alpha value is -0.990. The first-order valence-electron chi connectivity index (χ1n) is 6.23. The van der Waals surface area contributed by atoms with Crippen molar-refractivity contribution in [3.63, 3.8) is 0 Å². The van der Waals surface area contributed by atoms with Gasteiger partial charge in [0.1, 0.15) is 0 Å². The second-order valence-electron chi connectivity index (χ2n) is 5.19. The first-order chi connectivity index (χ1) is 9.50. The van der Waals surface area contributed by atoms with Gasteiger partial charge in [0, 0.05) is 0 Å². The summed E-state index contributed by atoms with van der Waals surface area (Å²) in [6, 6.07) is -0.114. The van der Waals surface area contributed by atoms with Crippen molar-refractivity contribution in [2.75, 3.05) is 0 Å². The molecular formula is C13H14ClF6NO. The first kappa shape index (κ1) is 19.1.